The van der Waals surface area contributed by atoms with E-state index in [2.05, 4.69) is 29.9 Å². The Hall–Kier alpha value is -4.06. The molecule has 3 aromatic heterocycles. The largest absolute Gasteiger partial charge is 0.573 e. The zero-order valence-corrected chi connectivity index (χ0v) is 16.1. The maximum atomic E-state index is 12.5. The summed E-state index contributed by atoms with van der Waals surface area (Å²) in [6.45, 7) is 7.27. The normalized spacial score (nSPS) is 11.3. The van der Waals surface area contributed by atoms with Crippen molar-refractivity contribution in [2.75, 3.05) is 5.32 Å². The molecule has 4 aromatic rings. The van der Waals surface area contributed by atoms with Crippen molar-refractivity contribution >= 4 is 22.5 Å². The van der Waals surface area contributed by atoms with Gasteiger partial charge < -0.3 is 15.0 Å². The predicted molar refractivity (Wildman–Crippen MR) is 110 cm³/mol. The second kappa shape index (κ2) is 8.36. The first-order valence-electron chi connectivity index (χ1n) is 9.27. The molecule has 3 heterocycles. The van der Waals surface area contributed by atoms with Gasteiger partial charge in [-0.3, -0.25) is 4.98 Å². The molecule has 0 unspecified atom stereocenters. The Morgan fingerprint density at radius 3 is 2.65 bits per heavy atom. The lowest BCUT2D eigenvalue weighted by Crippen LogP contribution is -2.18. The first-order chi connectivity index (χ1) is 14.9. The molecule has 2 N–H and O–H groups in total. The first kappa shape index (κ1) is 20.2. The first-order valence-corrected chi connectivity index (χ1v) is 9.27. The number of H-pyrrole nitrogens is 1. The second-order valence-electron chi connectivity index (χ2n) is 6.75. The third-order valence-electron chi connectivity index (χ3n) is 4.61. The average molecular weight is 423 g/mol. The van der Waals surface area contributed by atoms with Crippen LogP contribution in [0.4, 0.5) is 24.7 Å². The molecule has 0 aliphatic rings. The monoisotopic (exact) mass is 423 g/mol. The summed E-state index contributed by atoms with van der Waals surface area (Å²) in [5, 5.41) is 3.90. The summed E-state index contributed by atoms with van der Waals surface area (Å²) in [6, 6.07) is 11.4. The quantitative estimate of drug-likeness (QED) is 0.396. The van der Waals surface area contributed by atoms with E-state index in [1.807, 2.05) is 12.3 Å². The summed E-state index contributed by atoms with van der Waals surface area (Å²) in [4.78, 5) is 15.1. The number of aromatic nitrogens is 3. The molecule has 0 bridgehead atoms. The molecule has 156 valence electrons. The van der Waals surface area contributed by atoms with Crippen LogP contribution in [0.25, 0.3) is 15.9 Å². The SMILES string of the molecule is [C-]#[N+]c1cnc2[nH]cc(Cc3ccc(NCc4ccccc4OC(F)(F)F)nc3)c2c1. The number of nitrogens with one attached hydrogen (secondary N) is 2. The number of hydrogen-bond donors (Lipinski definition) is 2. The van der Waals surface area contributed by atoms with Gasteiger partial charge in [-0.2, -0.15) is 0 Å². The molecule has 0 aliphatic heterocycles. The standard InChI is InChI=1S/C22H16F3N5O/c1-26-17-9-18-16(12-29-21(18)30-13-17)8-14-6-7-20(27-10-14)28-11-15-4-2-3-5-19(15)31-22(23,24)25/h2-7,9-10,12-13H,8,11H2,(H,27,28)(H,29,30). The van der Waals surface area contributed by atoms with E-state index in [-0.39, 0.29) is 12.3 Å². The molecule has 0 amide bonds. The molecule has 0 fully saturated rings. The fourth-order valence-corrected chi connectivity index (χ4v) is 3.17. The Kier molecular flexibility index (Phi) is 5.45. The lowest BCUT2D eigenvalue weighted by molar-refractivity contribution is -0.274. The maximum absolute atomic E-state index is 12.5. The van der Waals surface area contributed by atoms with Crippen molar-refractivity contribution in [1.82, 2.24) is 15.0 Å². The number of ether oxygens (including phenoxy) is 1. The van der Waals surface area contributed by atoms with Crippen molar-refractivity contribution in [2.24, 2.45) is 0 Å². The van der Waals surface area contributed by atoms with Crippen molar-refractivity contribution in [3.05, 3.63) is 89.2 Å². The van der Waals surface area contributed by atoms with E-state index < -0.39 is 6.36 Å². The van der Waals surface area contributed by atoms with Crippen LogP contribution in [-0.4, -0.2) is 21.3 Å². The van der Waals surface area contributed by atoms with Crippen LogP contribution >= 0.6 is 0 Å². The Labute approximate surface area is 175 Å². The van der Waals surface area contributed by atoms with Crippen LogP contribution in [0.2, 0.25) is 0 Å². The summed E-state index contributed by atoms with van der Waals surface area (Å²) in [5.41, 5.74) is 3.50. The van der Waals surface area contributed by atoms with Crippen molar-refractivity contribution < 1.29 is 17.9 Å². The van der Waals surface area contributed by atoms with Crippen molar-refractivity contribution in [1.29, 1.82) is 0 Å². The van der Waals surface area contributed by atoms with Crippen LogP contribution in [0.3, 0.4) is 0 Å². The highest BCUT2D eigenvalue weighted by Crippen LogP contribution is 2.27. The molecule has 1 aromatic carbocycles. The molecule has 0 atom stereocenters. The maximum Gasteiger partial charge on any atom is 0.573 e. The fourth-order valence-electron chi connectivity index (χ4n) is 3.17. The number of hydrogen-bond acceptors (Lipinski definition) is 4. The number of nitrogens with zero attached hydrogens (tertiary/aromatic N) is 3. The van der Waals surface area contributed by atoms with E-state index in [0.717, 1.165) is 16.5 Å². The third kappa shape index (κ3) is 4.93. The van der Waals surface area contributed by atoms with E-state index >= 15 is 0 Å². The predicted octanol–water partition coefficient (Wildman–Crippen LogP) is 5.61. The Bertz CT molecular complexity index is 1240. The number of anilines is 1. The number of benzene rings is 1. The summed E-state index contributed by atoms with van der Waals surface area (Å²) in [5.74, 6) is 0.285. The van der Waals surface area contributed by atoms with E-state index in [1.54, 1.807) is 30.5 Å². The van der Waals surface area contributed by atoms with Gasteiger partial charge in [-0.05, 0) is 29.3 Å². The van der Waals surface area contributed by atoms with E-state index in [9.17, 15) is 13.2 Å². The van der Waals surface area contributed by atoms with Gasteiger partial charge in [-0.1, -0.05) is 24.3 Å². The molecular formula is C22H16F3N5O. The van der Waals surface area contributed by atoms with Gasteiger partial charge in [0.2, 0.25) is 5.69 Å². The molecule has 9 heteroatoms. The van der Waals surface area contributed by atoms with E-state index in [0.29, 0.717) is 29.1 Å². The smallest absolute Gasteiger partial charge is 0.405 e. The molecule has 4 rings (SSSR count). The van der Waals surface area contributed by atoms with Gasteiger partial charge in [0.1, 0.15) is 17.2 Å². The van der Waals surface area contributed by atoms with Gasteiger partial charge in [-0.15, -0.1) is 13.2 Å². The molecule has 0 saturated carbocycles. The Balaban J connectivity index is 1.44. The van der Waals surface area contributed by atoms with Crippen molar-refractivity contribution in [2.45, 2.75) is 19.3 Å². The molecular weight excluding hydrogens is 407 g/mol. The van der Waals surface area contributed by atoms with Crippen LogP contribution in [0.15, 0.2) is 61.1 Å². The number of alkyl halides is 3. The lowest BCUT2D eigenvalue weighted by Gasteiger charge is -2.14. The van der Waals surface area contributed by atoms with E-state index in [4.69, 9.17) is 6.57 Å². The van der Waals surface area contributed by atoms with Crippen molar-refractivity contribution in [3.63, 3.8) is 0 Å². The topological polar surface area (TPSA) is 67.2 Å². The summed E-state index contributed by atoms with van der Waals surface area (Å²) in [6.07, 6.45) is 0.929. The van der Waals surface area contributed by atoms with E-state index in [1.165, 1.54) is 18.3 Å². The molecule has 31 heavy (non-hydrogen) atoms. The van der Waals surface area contributed by atoms with Crippen molar-refractivity contribution in [3.8, 4) is 5.75 Å². The van der Waals surface area contributed by atoms with Gasteiger partial charge in [0, 0.05) is 42.5 Å². The number of para-hydroxylation sites is 1. The van der Waals surface area contributed by atoms with Crippen LogP contribution < -0.4 is 10.1 Å². The fraction of sp³-hybridized carbons (Fsp3) is 0.136. The minimum Gasteiger partial charge on any atom is -0.405 e. The van der Waals surface area contributed by atoms with Gasteiger partial charge in [-0.25, -0.2) is 9.83 Å². The minimum atomic E-state index is -4.75. The summed E-state index contributed by atoms with van der Waals surface area (Å²) < 4.78 is 41.7. The van der Waals surface area contributed by atoms with Gasteiger partial charge in [0.05, 0.1) is 6.57 Å². The molecule has 6 nitrogen and oxygen atoms in total. The highest BCUT2D eigenvalue weighted by molar-refractivity contribution is 5.83. The van der Waals surface area contributed by atoms with Crippen LogP contribution in [0.5, 0.6) is 5.75 Å². The van der Waals surface area contributed by atoms with Gasteiger partial charge in [0.25, 0.3) is 0 Å². The Morgan fingerprint density at radius 1 is 1.06 bits per heavy atom. The number of rotatable bonds is 6. The zero-order chi connectivity index (χ0) is 21.8. The molecule has 0 aliphatic carbocycles. The van der Waals surface area contributed by atoms with Crippen LogP contribution in [-0.2, 0) is 13.0 Å². The van der Waals surface area contributed by atoms with Gasteiger partial charge in [0.15, 0.2) is 0 Å². The number of halogens is 3. The number of pyridine rings is 2. The molecule has 0 radical (unpaired) electrons. The third-order valence-corrected chi connectivity index (χ3v) is 4.61. The Morgan fingerprint density at radius 2 is 1.90 bits per heavy atom. The molecule has 0 saturated heterocycles. The number of fused-ring (bicyclic) bond motifs is 1. The summed E-state index contributed by atoms with van der Waals surface area (Å²) in [7, 11) is 0. The minimum absolute atomic E-state index is 0.131. The van der Waals surface area contributed by atoms with Gasteiger partial charge >= 0.3 is 6.36 Å². The van der Waals surface area contributed by atoms with Crippen LogP contribution in [0.1, 0.15) is 16.7 Å². The lowest BCUT2D eigenvalue weighted by atomic mass is 10.1. The number of aromatic amines is 1. The molecule has 0 spiro atoms. The highest BCUT2D eigenvalue weighted by atomic mass is 19.4. The van der Waals surface area contributed by atoms with Crippen LogP contribution in [0, 0.1) is 6.57 Å². The highest BCUT2D eigenvalue weighted by Gasteiger charge is 2.31. The zero-order valence-electron chi connectivity index (χ0n) is 16.1. The summed E-state index contributed by atoms with van der Waals surface area (Å²) >= 11 is 0. The average Bonchev–Trinajstić information content (AvgIpc) is 3.15. The second-order valence-corrected chi connectivity index (χ2v) is 6.75.